The number of carboxylic acids is 2. The number of nitrogens with two attached hydrogens (primary N) is 1. The molecule has 1 amide bonds. The zero-order valence-electron chi connectivity index (χ0n) is 20.3. The van der Waals surface area contributed by atoms with Gasteiger partial charge in [0, 0.05) is 17.4 Å². The lowest BCUT2D eigenvalue weighted by atomic mass is 10.1. The maximum Gasteiger partial charge on any atom is 0.322 e. The van der Waals surface area contributed by atoms with Crippen molar-refractivity contribution in [2.75, 3.05) is 12.3 Å². The molecule has 0 aliphatic heterocycles. The topological polar surface area (TPSA) is 170 Å². The van der Waals surface area contributed by atoms with Gasteiger partial charge in [0.2, 0.25) is 5.91 Å². The van der Waals surface area contributed by atoms with Crippen molar-refractivity contribution in [2.45, 2.75) is 75.4 Å². The Morgan fingerprint density at radius 1 is 0.886 bits per heavy atom. The van der Waals surface area contributed by atoms with Crippen LogP contribution in [0.4, 0.5) is 0 Å². The molecule has 35 heavy (non-hydrogen) atoms. The van der Waals surface area contributed by atoms with Crippen molar-refractivity contribution in [3.05, 3.63) is 48.6 Å². The zero-order valence-corrected chi connectivity index (χ0v) is 21.1. The largest absolute Gasteiger partial charge is 0.481 e. The van der Waals surface area contributed by atoms with Crippen molar-refractivity contribution in [1.29, 1.82) is 0 Å². The van der Waals surface area contributed by atoms with Crippen LogP contribution < -0.4 is 11.1 Å². The number of hydrogen-bond donors (Lipinski definition) is 6. The molecule has 0 aliphatic carbocycles. The number of thioether (sulfide) groups is 1. The second-order valence-electron chi connectivity index (χ2n) is 7.97. The summed E-state index contributed by atoms with van der Waals surface area (Å²) in [5.41, 5.74) is 5.81. The zero-order chi connectivity index (χ0) is 26.5. The highest BCUT2D eigenvalue weighted by molar-refractivity contribution is 8.00. The molecule has 0 saturated heterocycles. The van der Waals surface area contributed by atoms with Gasteiger partial charge in [0.15, 0.2) is 0 Å². The number of carbonyl (C=O) groups is 3. The SMILES string of the molecule is CCCCC[C@H](O)/C=C/C=C\C=C\C=C\[C@@H](SC[C@H](N)C(=O)NCC(=O)O)[C@@H](O)CCCC(=O)O. The minimum absolute atomic E-state index is 0.0548. The van der Waals surface area contributed by atoms with Crippen LogP contribution in [0.25, 0.3) is 0 Å². The Morgan fingerprint density at radius 2 is 1.51 bits per heavy atom. The smallest absolute Gasteiger partial charge is 0.322 e. The molecule has 0 fully saturated rings. The average Bonchev–Trinajstić information content (AvgIpc) is 2.80. The second kappa shape index (κ2) is 20.9. The minimum Gasteiger partial charge on any atom is -0.481 e. The van der Waals surface area contributed by atoms with Gasteiger partial charge in [-0.05, 0) is 19.3 Å². The number of hydrogen-bond acceptors (Lipinski definition) is 7. The molecular weight excluding hydrogens is 472 g/mol. The lowest BCUT2D eigenvalue weighted by Gasteiger charge is -2.21. The number of rotatable bonds is 20. The number of allylic oxidation sites excluding steroid dienone is 6. The fourth-order valence-electron chi connectivity index (χ4n) is 2.83. The van der Waals surface area contributed by atoms with Gasteiger partial charge in [0.05, 0.1) is 18.2 Å². The lowest BCUT2D eigenvalue weighted by Crippen LogP contribution is -2.44. The summed E-state index contributed by atoms with van der Waals surface area (Å²) in [7, 11) is 0. The van der Waals surface area contributed by atoms with Crippen LogP contribution in [-0.2, 0) is 14.4 Å². The summed E-state index contributed by atoms with van der Waals surface area (Å²) < 4.78 is 0. The van der Waals surface area contributed by atoms with Gasteiger partial charge in [-0.2, -0.15) is 0 Å². The lowest BCUT2D eigenvalue weighted by molar-refractivity contribution is -0.138. The molecule has 0 radical (unpaired) electrons. The fourth-order valence-corrected chi connectivity index (χ4v) is 3.97. The molecule has 198 valence electrons. The van der Waals surface area contributed by atoms with Crippen molar-refractivity contribution in [2.24, 2.45) is 5.73 Å². The van der Waals surface area contributed by atoms with Crippen LogP contribution >= 0.6 is 11.8 Å². The van der Waals surface area contributed by atoms with Crippen molar-refractivity contribution < 1.29 is 34.8 Å². The van der Waals surface area contributed by atoms with Gasteiger partial charge in [-0.1, -0.05) is 74.8 Å². The predicted molar refractivity (Wildman–Crippen MR) is 139 cm³/mol. The van der Waals surface area contributed by atoms with E-state index in [0.717, 1.165) is 25.7 Å². The van der Waals surface area contributed by atoms with Crippen LogP contribution in [0.1, 0.15) is 51.9 Å². The van der Waals surface area contributed by atoms with Crippen LogP contribution in [0.3, 0.4) is 0 Å². The van der Waals surface area contributed by atoms with Gasteiger partial charge in [-0.15, -0.1) is 11.8 Å². The molecule has 0 heterocycles. The van der Waals surface area contributed by atoms with E-state index in [4.69, 9.17) is 15.9 Å². The fraction of sp³-hybridized carbons (Fsp3) is 0.560. The summed E-state index contributed by atoms with van der Waals surface area (Å²) in [4.78, 5) is 33.2. The molecule has 0 bridgehead atoms. The molecular formula is C25H40N2O7S. The summed E-state index contributed by atoms with van der Waals surface area (Å²) in [5.74, 6) is -2.57. The second-order valence-corrected chi connectivity index (χ2v) is 9.18. The number of amides is 1. The standard InChI is InChI=1S/C25H40N2O7S/c1-2-3-8-12-19(28)13-9-6-4-5-7-10-15-22(21(29)14-11-16-23(30)31)35-18-20(26)25(34)27-17-24(32)33/h4-7,9-10,13,15,19-22,28-29H,2-3,8,11-12,14,16-18,26H2,1H3,(H,27,34)(H,30,31)(H,32,33)/b6-4-,7-5+,13-9+,15-10+/t19-,20-,21-,22+/m0/s1. The average molecular weight is 513 g/mol. The van der Waals surface area contributed by atoms with Crippen LogP contribution in [0.5, 0.6) is 0 Å². The maximum absolute atomic E-state index is 11.9. The van der Waals surface area contributed by atoms with Gasteiger partial charge in [0.25, 0.3) is 0 Å². The highest BCUT2D eigenvalue weighted by Gasteiger charge is 2.21. The Labute approximate surface area is 211 Å². The van der Waals surface area contributed by atoms with Gasteiger partial charge in [0.1, 0.15) is 6.54 Å². The van der Waals surface area contributed by atoms with Gasteiger partial charge < -0.3 is 31.5 Å². The highest BCUT2D eigenvalue weighted by Crippen LogP contribution is 2.21. The molecule has 0 aromatic heterocycles. The van der Waals surface area contributed by atoms with Gasteiger partial charge >= 0.3 is 11.9 Å². The highest BCUT2D eigenvalue weighted by atomic mass is 32.2. The van der Waals surface area contributed by atoms with Crippen molar-refractivity contribution in [1.82, 2.24) is 5.32 Å². The molecule has 0 spiro atoms. The third-order valence-corrected chi connectivity index (χ3v) is 6.19. The summed E-state index contributed by atoms with van der Waals surface area (Å²) in [6, 6.07) is -0.955. The number of nitrogens with one attached hydrogen (secondary N) is 1. The van der Waals surface area contributed by atoms with Crippen LogP contribution in [-0.4, -0.2) is 74.1 Å². The summed E-state index contributed by atoms with van der Waals surface area (Å²) in [6.07, 6.45) is 17.3. The van der Waals surface area contributed by atoms with Gasteiger partial charge in [-0.3, -0.25) is 14.4 Å². The van der Waals surface area contributed by atoms with E-state index >= 15 is 0 Å². The third kappa shape index (κ3) is 19.6. The molecule has 0 aromatic rings. The molecule has 10 heteroatoms. The van der Waals surface area contributed by atoms with E-state index in [-0.39, 0.29) is 18.6 Å². The van der Waals surface area contributed by atoms with E-state index in [1.54, 1.807) is 48.6 Å². The quantitative estimate of drug-likeness (QED) is 0.106. The van der Waals surface area contributed by atoms with Crippen LogP contribution in [0.15, 0.2) is 48.6 Å². The Kier molecular flexibility index (Phi) is 19.5. The Bertz CT molecular complexity index is 737. The molecule has 9 nitrogen and oxygen atoms in total. The maximum atomic E-state index is 11.9. The van der Waals surface area contributed by atoms with Crippen LogP contribution in [0, 0.1) is 0 Å². The van der Waals surface area contributed by atoms with Crippen molar-refractivity contribution >= 4 is 29.6 Å². The Balaban J connectivity index is 4.81. The van der Waals surface area contributed by atoms with Gasteiger partial charge in [-0.25, -0.2) is 0 Å². The summed E-state index contributed by atoms with van der Waals surface area (Å²) >= 11 is 1.23. The van der Waals surface area contributed by atoms with E-state index in [9.17, 15) is 24.6 Å². The number of carboxylic acid groups (broad SMARTS) is 2. The molecule has 4 atom stereocenters. The number of carbonyl (C=O) groups excluding carboxylic acids is 1. The monoisotopic (exact) mass is 512 g/mol. The van der Waals surface area contributed by atoms with E-state index in [1.807, 2.05) is 0 Å². The molecule has 0 aromatic carbocycles. The summed E-state index contributed by atoms with van der Waals surface area (Å²) in [6.45, 7) is 1.59. The third-order valence-electron chi connectivity index (χ3n) is 4.78. The molecule has 0 rings (SSSR count). The van der Waals surface area contributed by atoms with Crippen molar-refractivity contribution in [3.8, 4) is 0 Å². The first-order valence-corrected chi connectivity index (χ1v) is 12.8. The normalized spacial score (nSPS) is 15.7. The first kappa shape index (κ1) is 32.6. The number of aliphatic hydroxyl groups is 2. The Hall–Kier alpha value is -2.40. The first-order chi connectivity index (χ1) is 16.7. The summed E-state index contributed by atoms with van der Waals surface area (Å²) in [5, 5.41) is 39.5. The van der Waals surface area contributed by atoms with E-state index in [2.05, 4.69) is 12.2 Å². The molecule has 0 aliphatic rings. The van der Waals surface area contributed by atoms with E-state index in [1.165, 1.54) is 11.8 Å². The minimum atomic E-state index is -1.17. The number of unbranched alkanes of at least 4 members (excludes halogenated alkanes) is 2. The van der Waals surface area contributed by atoms with E-state index in [0.29, 0.717) is 6.42 Å². The van der Waals surface area contributed by atoms with Crippen LogP contribution in [0.2, 0.25) is 0 Å². The number of aliphatic carboxylic acids is 2. The van der Waals surface area contributed by atoms with E-state index < -0.39 is 47.9 Å². The molecule has 7 N–H and O–H groups in total. The predicted octanol–water partition coefficient (Wildman–Crippen LogP) is 2.40. The first-order valence-electron chi connectivity index (χ1n) is 11.8. The molecule has 0 unspecified atom stereocenters. The Morgan fingerprint density at radius 3 is 2.11 bits per heavy atom. The van der Waals surface area contributed by atoms with Crippen molar-refractivity contribution in [3.63, 3.8) is 0 Å². The number of aliphatic hydroxyl groups excluding tert-OH is 2. The molecule has 0 saturated carbocycles.